The van der Waals surface area contributed by atoms with Crippen molar-refractivity contribution in [3.05, 3.63) is 63.7 Å². The third-order valence-corrected chi connectivity index (χ3v) is 5.55. The molecule has 0 saturated carbocycles. The van der Waals surface area contributed by atoms with E-state index in [1.54, 1.807) is 19.0 Å². The predicted octanol–water partition coefficient (Wildman–Crippen LogP) is 2.54. The summed E-state index contributed by atoms with van der Waals surface area (Å²) in [6.07, 6.45) is 2.29. The van der Waals surface area contributed by atoms with Gasteiger partial charge in [-0.05, 0) is 17.5 Å². The Morgan fingerprint density at radius 1 is 1.24 bits per heavy atom. The van der Waals surface area contributed by atoms with Gasteiger partial charge in [0.25, 0.3) is 0 Å². The minimum absolute atomic E-state index is 0.0143. The van der Waals surface area contributed by atoms with Crippen LogP contribution in [0.2, 0.25) is 0 Å². The first kappa shape index (κ1) is 19.5. The zero-order valence-electron chi connectivity index (χ0n) is 17.0. The standard InChI is InChI=1S/C22H27N3O4/c1-23(2)22(27)25-8-7-16(10-25)14-29-21-15-28-19(9-20(21)26)13-24-11-17-5-3-4-6-18(17)12-24/h3-6,9,15-16H,7-8,10-14H2,1-2H3/t16-/m0/s1. The minimum Gasteiger partial charge on any atom is -0.486 e. The van der Waals surface area contributed by atoms with Gasteiger partial charge in [0.1, 0.15) is 12.0 Å². The summed E-state index contributed by atoms with van der Waals surface area (Å²) in [6, 6.07) is 9.91. The molecule has 0 aliphatic carbocycles. The van der Waals surface area contributed by atoms with E-state index < -0.39 is 0 Å². The van der Waals surface area contributed by atoms with E-state index in [1.165, 1.54) is 23.5 Å². The quantitative estimate of drug-likeness (QED) is 0.776. The number of rotatable bonds is 5. The first-order valence-electron chi connectivity index (χ1n) is 9.99. The molecule has 0 bridgehead atoms. The van der Waals surface area contributed by atoms with Crippen LogP contribution in [0.3, 0.4) is 0 Å². The van der Waals surface area contributed by atoms with Crippen LogP contribution in [0.15, 0.2) is 45.8 Å². The van der Waals surface area contributed by atoms with E-state index in [1.807, 2.05) is 4.90 Å². The summed E-state index contributed by atoms with van der Waals surface area (Å²) < 4.78 is 11.4. The molecule has 0 unspecified atom stereocenters. The van der Waals surface area contributed by atoms with Gasteiger partial charge in [-0.3, -0.25) is 9.69 Å². The molecule has 154 valence electrons. The first-order valence-corrected chi connectivity index (χ1v) is 9.99. The summed E-state index contributed by atoms with van der Waals surface area (Å²) in [5, 5.41) is 0. The lowest BCUT2D eigenvalue weighted by molar-refractivity contribution is 0.176. The molecule has 0 spiro atoms. The molecule has 7 nitrogen and oxygen atoms in total. The number of likely N-dealkylation sites (tertiary alicyclic amines) is 1. The van der Waals surface area contributed by atoms with E-state index in [2.05, 4.69) is 29.2 Å². The second kappa shape index (κ2) is 8.29. The van der Waals surface area contributed by atoms with E-state index in [9.17, 15) is 9.59 Å². The van der Waals surface area contributed by atoms with E-state index in [-0.39, 0.29) is 23.1 Å². The molecule has 2 amide bonds. The lowest BCUT2D eigenvalue weighted by atomic mass is 10.1. The van der Waals surface area contributed by atoms with Crippen LogP contribution in [-0.4, -0.2) is 54.5 Å². The Bertz CT molecular complexity index is 915. The second-order valence-electron chi connectivity index (χ2n) is 8.08. The third-order valence-electron chi connectivity index (χ3n) is 5.55. The Balaban J connectivity index is 1.30. The van der Waals surface area contributed by atoms with E-state index in [0.29, 0.717) is 25.5 Å². The molecule has 3 heterocycles. The number of nitrogens with zero attached hydrogens (tertiary/aromatic N) is 3. The van der Waals surface area contributed by atoms with Crippen molar-refractivity contribution in [1.29, 1.82) is 0 Å². The summed E-state index contributed by atoms with van der Waals surface area (Å²) in [4.78, 5) is 30.1. The largest absolute Gasteiger partial charge is 0.486 e. The van der Waals surface area contributed by atoms with Crippen LogP contribution in [0, 0.1) is 5.92 Å². The van der Waals surface area contributed by atoms with Crippen LogP contribution >= 0.6 is 0 Å². The van der Waals surface area contributed by atoms with E-state index >= 15 is 0 Å². The highest BCUT2D eigenvalue weighted by atomic mass is 16.5. The van der Waals surface area contributed by atoms with Crippen LogP contribution in [0.25, 0.3) is 0 Å². The molecule has 29 heavy (non-hydrogen) atoms. The Kier molecular flexibility index (Phi) is 5.58. The van der Waals surface area contributed by atoms with Gasteiger partial charge < -0.3 is 19.0 Å². The Morgan fingerprint density at radius 2 is 1.97 bits per heavy atom. The first-order chi connectivity index (χ1) is 14.0. The van der Waals surface area contributed by atoms with Crippen molar-refractivity contribution in [1.82, 2.24) is 14.7 Å². The number of hydrogen-bond acceptors (Lipinski definition) is 5. The number of hydrogen-bond donors (Lipinski definition) is 0. The van der Waals surface area contributed by atoms with Crippen molar-refractivity contribution in [2.45, 2.75) is 26.1 Å². The molecule has 4 rings (SSSR count). The highest BCUT2D eigenvalue weighted by molar-refractivity contribution is 5.74. The molecule has 2 aliphatic rings. The van der Waals surface area contributed by atoms with Gasteiger partial charge in [-0.2, -0.15) is 0 Å². The fourth-order valence-corrected chi connectivity index (χ4v) is 4.00. The predicted molar refractivity (Wildman–Crippen MR) is 109 cm³/mol. The number of benzene rings is 1. The highest BCUT2D eigenvalue weighted by Gasteiger charge is 2.28. The maximum Gasteiger partial charge on any atom is 0.319 e. The van der Waals surface area contributed by atoms with Gasteiger partial charge >= 0.3 is 6.03 Å². The fourth-order valence-electron chi connectivity index (χ4n) is 4.00. The van der Waals surface area contributed by atoms with Crippen LogP contribution in [0.1, 0.15) is 23.3 Å². The topological polar surface area (TPSA) is 66.2 Å². The molecule has 2 aromatic rings. The molecule has 0 radical (unpaired) electrons. The molecule has 1 aromatic carbocycles. The Labute approximate surface area is 170 Å². The summed E-state index contributed by atoms with van der Waals surface area (Å²) in [5.74, 6) is 1.09. The Hall–Kier alpha value is -2.80. The number of amides is 2. The van der Waals surface area contributed by atoms with Gasteiger partial charge in [0.15, 0.2) is 0 Å². The van der Waals surface area contributed by atoms with Crippen LogP contribution < -0.4 is 10.2 Å². The number of fused-ring (bicyclic) bond motifs is 1. The van der Waals surface area contributed by atoms with Gasteiger partial charge in [-0.15, -0.1) is 0 Å². The normalized spacial score (nSPS) is 18.7. The molecule has 1 aromatic heterocycles. The number of carbonyl (C=O) groups is 1. The Morgan fingerprint density at radius 3 is 2.62 bits per heavy atom. The smallest absolute Gasteiger partial charge is 0.319 e. The average Bonchev–Trinajstić information content (AvgIpc) is 3.33. The number of urea groups is 1. The van der Waals surface area contributed by atoms with Crippen molar-refractivity contribution in [3.8, 4) is 5.75 Å². The lowest BCUT2D eigenvalue weighted by Gasteiger charge is -2.21. The SMILES string of the molecule is CN(C)C(=O)N1CC[C@H](COc2coc(CN3Cc4ccccc4C3)cc2=O)C1. The summed E-state index contributed by atoms with van der Waals surface area (Å²) in [5.41, 5.74) is 2.49. The minimum atomic E-state index is -0.165. The number of carbonyl (C=O) groups excluding carboxylic acids is 1. The molecule has 0 N–H and O–H groups in total. The third kappa shape index (κ3) is 4.45. The average molecular weight is 397 g/mol. The van der Waals surface area contributed by atoms with Crippen molar-refractivity contribution in [3.63, 3.8) is 0 Å². The zero-order chi connectivity index (χ0) is 20.4. The van der Waals surface area contributed by atoms with Gasteiger partial charge in [-0.1, -0.05) is 24.3 Å². The van der Waals surface area contributed by atoms with Gasteiger partial charge in [0.05, 0.1) is 13.2 Å². The summed E-state index contributed by atoms with van der Waals surface area (Å²) >= 11 is 0. The van der Waals surface area contributed by atoms with Crippen molar-refractivity contribution in [2.24, 2.45) is 5.92 Å². The summed E-state index contributed by atoms with van der Waals surface area (Å²) in [7, 11) is 3.50. The number of ether oxygens (including phenoxy) is 1. The van der Waals surface area contributed by atoms with Crippen LogP contribution in [0.4, 0.5) is 4.79 Å². The molecule has 1 saturated heterocycles. The van der Waals surface area contributed by atoms with Gasteiger partial charge in [0, 0.05) is 52.3 Å². The second-order valence-corrected chi connectivity index (χ2v) is 8.08. The van der Waals surface area contributed by atoms with Crippen molar-refractivity contribution in [2.75, 3.05) is 33.8 Å². The van der Waals surface area contributed by atoms with Gasteiger partial charge in [-0.25, -0.2) is 4.79 Å². The van der Waals surface area contributed by atoms with Crippen molar-refractivity contribution >= 4 is 6.03 Å². The lowest BCUT2D eigenvalue weighted by Crippen LogP contribution is -2.37. The van der Waals surface area contributed by atoms with Gasteiger partial charge in [0.2, 0.25) is 11.2 Å². The molecule has 1 fully saturated rings. The molecule has 1 atom stereocenters. The highest BCUT2D eigenvalue weighted by Crippen LogP contribution is 2.24. The molecule has 7 heteroatoms. The van der Waals surface area contributed by atoms with Crippen molar-refractivity contribution < 1.29 is 13.9 Å². The molecule has 2 aliphatic heterocycles. The molecular formula is C22H27N3O4. The zero-order valence-corrected chi connectivity index (χ0v) is 17.0. The monoisotopic (exact) mass is 397 g/mol. The fraction of sp³-hybridized carbons (Fsp3) is 0.455. The summed E-state index contributed by atoms with van der Waals surface area (Å²) in [6.45, 7) is 4.09. The van der Waals surface area contributed by atoms with E-state index in [4.69, 9.17) is 9.15 Å². The maximum atomic E-state index is 12.4. The maximum absolute atomic E-state index is 12.4. The van der Waals surface area contributed by atoms with Crippen LogP contribution in [0.5, 0.6) is 5.75 Å². The van der Waals surface area contributed by atoms with Crippen LogP contribution in [-0.2, 0) is 19.6 Å². The molecular weight excluding hydrogens is 370 g/mol. The van der Waals surface area contributed by atoms with E-state index in [0.717, 1.165) is 26.1 Å².